The van der Waals surface area contributed by atoms with Crippen molar-refractivity contribution in [3.8, 4) is 5.75 Å². The molecule has 0 saturated heterocycles. The number of anilines is 1. The van der Waals surface area contributed by atoms with Gasteiger partial charge >= 0.3 is 0 Å². The van der Waals surface area contributed by atoms with Crippen molar-refractivity contribution in [2.75, 3.05) is 5.73 Å². The van der Waals surface area contributed by atoms with Crippen LogP contribution in [0.25, 0.3) is 5.70 Å². The molecule has 0 atom stereocenters. The molecule has 21 heavy (non-hydrogen) atoms. The zero-order valence-electron chi connectivity index (χ0n) is 11.5. The number of carbonyl (C=O) groups is 1. The summed E-state index contributed by atoms with van der Waals surface area (Å²) in [7, 11) is 0. The van der Waals surface area contributed by atoms with Gasteiger partial charge in [-0.25, -0.2) is 0 Å². The first-order valence-electron chi connectivity index (χ1n) is 6.35. The molecule has 5 nitrogen and oxygen atoms in total. The Hall–Kier alpha value is -2.95. The molecule has 1 aliphatic rings. The van der Waals surface area contributed by atoms with Gasteiger partial charge in [-0.3, -0.25) is 4.79 Å². The predicted octanol–water partition coefficient (Wildman–Crippen LogP) is 3.38. The Morgan fingerprint density at radius 2 is 1.57 bits per heavy atom. The second-order valence-electron chi connectivity index (χ2n) is 4.44. The lowest BCUT2D eigenvalue weighted by Gasteiger charge is -1.97. The van der Waals surface area contributed by atoms with Crippen molar-refractivity contribution >= 4 is 17.3 Å². The lowest BCUT2D eigenvalue weighted by atomic mass is 10.1. The van der Waals surface area contributed by atoms with Crippen LogP contribution >= 0.6 is 0 Å². The van der Waals surface area contributed by atoms with Gasteiger partial charge in [0.05, 0.1) is 0 Å². The van der Waals surface area contributed by atoms with E-state index in [2.05, 4.69) is 10.2 Å². The van der Waals surface area contributed by atoms with Crippen molar-refractivity contribution in [1.29, 1.82) is 0 Å². The number of carbonyl (C=O) groups excluding carboxylic acids is 1. The molecule has 0 bridgehead atoms. The van der Waals surface area contributed by atoms with Crippen molar-refractivity contribution in [2.45, 2.75) is 6.92 Å². The number of hydrogen-bond acceptors (Lipinski definition) is 4. The van der Waals surface area contributed by atoms with Crippen LogP contribution in [0.4, 0.5) is 5.69 Å². The molecule has 1 aliphatic heterocycles. The summed E-state index contributed by atoms with van der Waals surface area (Å²) in [4.78, 5) is 11.0. The quantitative estimate of drug-likeness (QED) is 0.620. The maximum absolute atomic E-state index is 11.0. The molecule has 5 heteroatoms. The molecule has 2 aromatic rings. The van der Waals surface area contributed by atoms with Gasteiger partial charge in [0.1, 0.15) is 11.4 Å². The highest BCUT2D eigenvalue weighted by atomic mass is 16.3. The van der Waals surface area contributed by atoms with Gasteiger partial charge in [-0.15, -0.1) is 10.2 Å². The third-order valence-electron chi connectivity index (χ3n) is 2.86. The third kappa shape index (κ3) is 3.76. The number of azo groups is 1. The van der Waals surface area contributed by atoms with E-state index in [0.29, 0.717) is 17.0 Å². The van der Waals surface area contributed by atoms with Crippen LogP contribution < -0.4 is 5.73 Å². The van der Waals surface area contributed by atoms with Crippen molar-refractivity contribution in [1.82, 2.24) is 0 Å². The summed E-state index contributed by atoms with van der Waals surface area (Å²) in [6.07, 6.45) is 0. The third-order valence-corrected chi connectivity index (χ3v) is 2.86. The molecular weight excluding hydrogens is 266 g/mol. The molecule has 2 aromatic carbocycles. The summed E-state index contributed by atoms with van der Waals surface area (Å²) in [5, 5.41) is 16.0. The first-order chi connectivity index (χ1) is 10.1. The first-order valence-corrected chi connectivity index (χ1v) is 6.35. The van der Waals surface area contributed by atoms with Gasteiger partial charge in [-0.05, 0) is 31.2 Å². The van der Waals surface area contributed by atoms with E-state index in [-0.39, 0.29) is 11.7 Å². The summed E-state index contributed by atoms with van der Waals surface area (Å²) in [5.41, 5.74) is 8.23. The van der Waals surface area contributed by atoms with Gasteiger partial charge in [-0.2, -0.15) is 0 Å². The molecular formula is C16H15N3O2. The Balaban J connectivity index is 0.000000173. The van der Waals surface area contributed by atoms with E-state index >= 15 is 0 Å². The number of rotatable bonds is 1. The molecule has 106 valence electrons. The summed E-state index contributed by atoms with van der Waals surface area (Å²) in [6, 6.07) is 16.0. The smallest absolute Gasteiger partial charge is 0.293 e. The highest BCUT2D eigenvalue weighted by Crippen LogP contribution is 2.25. The van der Waals surface area contributed by atoms with Gasteiger partial charge in [0.15, 0.2) is 0 Å². The number of nitrogens with two attached hydrogens (primary N) is 1. The van der Waals surface area contributed by atoms with E-state index in [9.17, 15) is 4.79 Å². The molecule has 0 aliphatic carbocycles. The fourth-order valence-electron chi connectivity index (χ4n) is 1.69. The zero-order chi connectivity index (χ0) is 15.2. The van der Waals surface area contributed by atoms with E-state index in [1.807, 2.05) is 30.3 Å². The van der Waals surface area contributed by atoms with E-state index in [0.717, 1.165) is 5.56 Å². The molecule has 0 unspecified atom stereocenters. The van der Waals surface area contributed by atoms with Crippen LogP contribution in [0.15, 0.2) is 70.4 Å². The fraction of sp³-hybridized carbons (Fsp3) is 0.0625. The normalized spacial score (nSPS) is 13.1. The Kier molecular flexibility index (Phi) is 4.46. The van der Waals surface area contributed by atoms with E-state index < -0.39 is 0 Å². The van der Waals surface area contributed by atoms with Crippen LogP contribution in [0.3, 0.4) is 0 Å². The maximum Gasteiger partial charge on any atom is 0.293 e. The van der Waals surface area contributed by atoms with Crippen LogP contribution in [-0.2, 0) is 4.79 Å². The number of nitrogens with zero attached hydrogens (tertiary/aromatic N) is 2. The maximum atomic E-state index is 11.0. The lowest BCUT2D eigenvalue weighted by Crippen LogP contribution is -1.90. The molecule has 0 saturated carbocycles. The Labute approximate surface area is 122 Å². The topological polar surface area (TPSA) is 88.0 Å². The van der Waals surface area contributed by atoms with Crippen LogP contribution in [0.1, 0.15) is 12.5 Å². The fourth-order valence-corrected chi connectivity index (χ4v) is 1.69. The highest BCUT2D eigenvalue weighted by molar-refractivity contribution is 6.03. The van der Waals surface area contributed by atoms with Gasteiger partial charge in [0.2, 0.25) is 0 Å². The standard InChI is InChI=1S/C10H8N2O.C6H7NO/c1-7-9(11-12-10(7)13)8-5-3-2-4-6-8;7-5-1-3-6(8)4-2-5/h2-6H,1H3;1-4,8H,7H2. The Bertz CT molecular complexity index is 668. The first kappa shape index (κ1) is 14.5. The van der Waals surface area contributed by atoms with Crippen LogP contribution in [0.2, 0.25) is 0 Å². The Morgan fingerprint density at radius 1 is 0.952 bits per heavy atom. The lowest BCUT2D eigenvalue weighted by molar-refractivity contribution is -0.114. The molecule has 3 rings (SSSR count). The van der Waals surface area contributed by atoms with Crippen molar-refractivity contribution in [3.05, 3.63) is 65.7 Å². The van der Waals surface area contributed by atoms with Gasteiger partial charge in [-0.1, -0.05) is 30.3 Å². The number of amides is 1. The predicted molar refractivity (Wildman–Crippen MR) is 81.4 cm³/mol. The molecule has 0 spiro atoms. The van der Waals surface area contributed by atoms with Crippen molar-refractivity contribution in [3.63, 3.8) is 0 Å². The molecule has 0 radical (unpaired) electrons. The molecule has 1 heterocycles. The number of nitrogen functional groups attached to an aromatic ring is 1. The van der Waals surface area contributed by atoms with Crippen molar-refractivity contribution < 1.29 is 9.90 Å². The number of benzene rings is 2. The summed E-state index contributed by atoms with van der Waals surface area (Å²) >= 11 is 0. The summed E-state index contributed by atoms with van der Waals surface area (Å²) in [6.45, 7) is 1.74. The van der Waals surface area contributed by atoms with Gasteiger partial charge in [0.25, 0.3) is 5.91 Å². The number of phenolic OH excluding ortho intramolecular Hbond substituents is 1. The van der Waals surface area contributed by atoms with Gasteiger partial charge < -0.3 is 10.8 Å². The second kappa shape index (κ2) is 6.47. The zero-order valence-corrected chi connectivity index (χ0v) is 11.5. The minimum Gasteiger partial charge on any atom is -0.508 e. The monoisotopic (exact) mass is 281 g/mol. The SMILES string of the molecule is CC1=C(c2ccccc2)N=NC1=O.Nc1ccc(O)cc1. The minimum atomic E-state index is -0.237. The van der Waals surface area contributed by atoms with E-state index in [1.54, 1.807) is 31.2 Å². The molecule has 0 aromatic heterocycles. The van der Waals surface area contributed by atoms with Crippen molar-refractivity contribution in [2.24, 2.45) is 10.2 Å². The van der Waals surface area contributed by atoms with E-state index in [4.69, 9.17) is 10.8 Å². The van der Waals surface area contributed by atoms with Crippen LogP contribution in [0, 0.1) is 0 Å². The van der Waals surface area contributed by atoms with Gasteiger partial charge in [0, 0.05) is 16.8 Å². The largest absolute Gasteiger partial charge is 0.508 e. The Morgan fingerprint density at radius 3 is 2.05 bits per heavy atom. The van der Waals surface area contributed by atoms with Crippen LogP contribution in [0.5, 0.6) is 5.75 Å². The highest BCUT2D eigenvalue weighted by Gasteiger charge is 2.17. The van der Waals surface area contributed by atoms with Crippen LogP contribution in [-0.4, -0.2) is 11.0 Å². The summed E-state index contributed by atoms with van der Waals surface area (Å²) < 4.78 is 0. The van der Waals surface area contributed by atoms with E-state index in [1.165, 1.54) is 0 Å². The molecule has 0 fully saturated rings. The molecule has 3 N–H and O–H groups in total. The average Bonchev–Trinajstić information content (AvgIpc) is 2.84. The number of phenols is 1. The number of aromatic hydroxyl groups is 1. The molecule has 1 amide bonds. The number of hydrogen-bond donors (Lipinski definition) is 2. The summed E-state index contributed by atoms with van der Waals surface area (Å²) in [5.74, 6) is 0.0121. The second-order valence-corrected chi connectivity index (χ2v) is 4.44. The minimum absolute atomic E-state index is 0.237. The average molecular weight is 281 g/mol.